The fourth-order valence-electron chi connectivity index (χ4n) is 6.78. The molecule has 3 heterocycles. The highest BCUT2D eigenvalue weighted by Gasteiger charge is 2.76. The zero-order chi connectivity index (χ0) is 26.5. The Hall–Kier alpha value is -0.800. The van der Waals surface area contributed by atoms with Gasteiger partial charge < -0.3 is 20.6 Å². The fourth-order valence-corrected chi connectivity index (χ4v) is 10.4. The highest BCUT2D eigenvalue weighted by Crippen LogP contribution is 2.68. The summed E-state index contributed by atoms with van der Waals surface area (Å²) in [6.45, 7) is 16.7. The molecule has 200 valence electrons. The number of nitrogens with zero attached hydrogens (tertiary/aromatic N) is 1. The Morgan fingerprint density at radius 2 is 1.86 bits per heavy atom. The van der Waals surface area contributed by atoms with Gasteiger partial charge in [0.1, 0.15) is 6.04 Å². The summed E-state index contributed by atoms with van der Waals surface area (Å²) in [5.74, 6) is -1.56. The molecule has 0 saturated carbocycles. The van der Waals surface area contributed by atoms with E-state index in [1.807, 2.05) is 34.6 Å². The number of amides is 3. The first kappa shape index (κ1) is 28.8. The first-order chi connectivity index (χ1) is 16.1. The van der Waals surface area contributed by atoms with Gasteiger partial charge in [0.15, 0.2) is 0 Å². The molecular formula is C26H44BrN3O4S. The van der Waals surface area contributed by atoms with Crippen LogP contribution in [-0.4, -0.2) is 73.3 Å². The Bertz CT molecular complexity index is 845. The number of aliphatic hydroxyl groups excluding tert-OH is 1. The van der Waals surface area contributed by atoms with Crippen molar-refractivity contribution in [2.24, 2.45) is 23.2 Å². The summed E-state index contributed by atoms with van der Waals surface area (Å²) in [5.41, 5.74) is -0.462. The highest BCUT2D eigenvalue weighted by atomic mass is 79.9. The Kier molecular flexibility index (Phi) is 8.35. The van der Waals surface area contributed by atoms with E-state index >= 15 is 0 Å². The lowest BCUT2D eigenvalue weighted by Crippen LogP contribution is -2.61. The molecule has 1 spiro atoms. The van der Waals surface area contributed by atoms with Crippen molar-refractivity contribution in [2.75, 3.05) is 13.2 Å². The van der Waals surface area contributed by atoms with Crippen molar-refractivity contribution in [1.29, 1.82) is 0 Å². The van der Waals surface area contributed by atoms with E-state index in [1.165, 1.54) is 0 Å². The van der Waals surface area contributed by atoms with E-state index in [4.69, 9.17) is 0 Å². The van der Waals surface area contributed by atoms with Crippen LogP contribution in [0.4, 0.5) is 0 Å². The van der Waals surface area contributed by atoms with Crippen molar-refractivity contribution < 1.29 is 19.5 Å². The van der Waals surface area contributed by atoms with Gasteiger partial charge in [-0.15, -0.1) is 11.8 Å². The zero-order valence-corrected chi connectivity index (χ0v) is 24.9. The molecule has 2 bridgehead atoms. The topological polar surface area (TPSA) is 98.7 Å². The maximum Gasteiger partial charge on any atom is 0.244 e. The minimum Gasteiger partial charge on any atom is -0.394 e. The largest absolute Gasteiger partial charge is 0.394 e. The van der Waals surface area contributed by atoms with Crippen LogP contribution in [0.15, 0.2) is 0 Å². The van der Waals surface area contributed by atoms with E-state index in [-0.39, 0.29) is 45.7 Å². The predicted octanol–water partition coefficient (Wildman–Crippen LogP) is 3.33. The third kappa shape index (κ3) is 5.28. The molecule has 3 N–H and O–H groups in total. The van der Waals surface area contributed by atoms with Gasteiger partial charge in [0.05, 0.1) is 29.2 Å². The average Bonchev–Trinajstić information content (AvgIpc) is 3.28. The van der Waals surface area contributed by atoms with Gasteiger partial charge in [0.2, 0.25) is 17.7 Å². The van der Waals surface area contributed by atoms with Crippen LogP contribution in [0.5, 0.6) is 0 Å². The quantitative estimate of drug-likeness (QED) is 0.367. The van der Waals surface area contributed by atoms with Gasteiger partial charge in [0.25, 0.3) is 0 Å². The second-order valence-corrected chi connectivity index (χ2v) is 15.5. The predicted molar refractivity (Wildman–Crippen MR) is 144 cm³/mol. The van der Waals surface area contributed by atoms with Crippen molar-refractivity contribution in [3.8, 4) is 0 Å². The molecule has 35 heavy (non-hydrogen) atoms. The van der Waals surface area contributed by atoms with Crippen molar-refractivity contribution in [3.05, 3.63) is 0 Å². The van der Waals surface area contributed by atoms with Crippen LogP contribution in [-0.2, 0) is 14.4 Å². The molecule has 7 nitrogen and oxygen atoms in total. The number of hydrogen-bond acceptors (Lipinski definition) is 5. The second kappa shape index (κ2) is 10.2. The standard InChI is InChI=1S/C26H44BrN3O4S/c1-9-10-28-21(32)17-18-23(34)30(16(12-31)14(2)3)20(26(18)11-15(27)19(17)35-26)22(33)29-25(7,8)13-24(4,5)6/h14-20,31H,9-13H2,1-8H3,(H,28,32)(H,29,33)/t15?,16-,17-,18-,19-,20?,26?/m0/s1. The third-order valence-corrected chi connectivity index (χ3v) is 10.8. The normalized spacial score (nSPS) is 33.3. The molecule has 3 fully saturated rings. The Morgan fingerprint density at radius 1 is 1.23 bits per heavy atom. The number of fused-ring (bicyclic) bond motifs is 1. The minimum absolute atomic E-state index is 0.0122. The number of thioether (sulfide) groups is 1. The lowest BCUT2D eigenvalue weighted by Gasteiger charge is -2.41. The number of nitrogens with one attached hydrogen (secondary N) is 2. The molecule has 3 aliphatic rings. The van der Waals surface area contributed by atoms with E-state index < -0.39 is 34.2 Å². The van der Waals surface area contributed by atoms with E-state index in [1.54, 1.807) is 16.7 Å². The molecule has 3 aliphatic heterocycles. The highest BCUT2D eigenvalue weighted by molar-refractivity contribution is 9.09. The van der Waals surface area contributed by atoms with Crippen molar-refractivity contribution in [3.63, 3.8) is 0 Å². The summed E-state index contributed by atoms with van der Waals surface area (Å²) in [5, 5.41) is 16.5. The van der Waals surface area contributed by atoms with Crippen LogP contribution in [0.2, 0.25) is 0 Å². The van der Waals surface area contributed by atoms with Gasteiger partial charge in [-0.2, -0.15) is 0 Å². The number of rotatable bonds is 9. The Morgan fingerprint density at radius 3 is 2.37 bits per heavy atom. The number of hydrogen-bond donors (Lipinski definition) is 3. The van der Waals surface area contributed by atoms with E-state index in [0.717, 1.165) is 12.8 Å². The lowest BCUT2D eigenvalue weighted by molar-refractivity contribution is -0.144. The zero-order valence-electron chi connectivity index (χ0n) is 22.5. The fraction of sp³-hybridized carbons (Fsp3) is 0.885. The summed E-state index contributed by atoms with van der Waals surface area (Å²) in [7, 11) is 0. The number of aliphatic hydroxyl groups is 1. The first-order valence-corrected chi connectivity index (χ1v) is 14.7. The minimum atomic E-state index is -0.738. The van der Waals surface area contributed by atoms with Gasteiger partial charge in [-0.3, -0.25) is 14.4 Å². The number of halogens is 1. The maximum atomic E-state index is 14.1. The molecule has 7 atom stereocenters. The molecule has 9 heteroatoms. The van der Waals surface area contributed by atoms with Crippen molar-refractivity contribution in [1.82, 2.24) is 15.5 Å². The van der Waals surface area contributed by atoms with Gasteiger partial charge in [0, 0.05) is 22.2 Å². The Labute approximate surface area is 223 Å². The third-order valence-electron chi connectivity index (χ3n) is 7.58. The molecule has 0 aromatic heterocycles. The number of likely N-dealkylation sites (tertiary alicyclic amines) is 1. The molecular weight excluding hydrogens is 530 g/mol. The monoisotopic (exact) mass is 573 g/mol. The van der Waals surface area contributed by atoms with Crippen molar-refractivity contribution >= 4 is 45.4 Å². The van der Waals surface area contributed by atoms with Crippen LogP contribution in [0.3, 0.4) is 0 Å². The van der Waals surface area contributed by atoms with E-state index in [0.29, 0.717) is 13.0 Å². The van der Waals surface area contributed by atoms with Gasteiger partial charge in [-0.05, 0) is 44.4 Å². The summed E-state index contributed by atoms with van der Waals surface area (Å²) >= 11 is 5.43. The SMILES string of the molecule is CCCNC(=O)[C@H]1[C@H]2C(=O)N([C@@H](CO)C(C)C)C(C(=O)NC(C)(C)CC(C)(C)C)C23CC(Br)[C@@H]1S3. The summed E-state index contributed by atoms with van der Waals surface area (Å²) in [6.07, 6.45) is 2.23. The molecule has 0 aromatic carbocycles. The van der Waals surface area contributed by atoms with Gasteiger partial charge in [-0.25, -0.2) is 0 Å². The second-order valence-electron chi connectivity index (χ2n) is 12.8. The van der Waals surface area contributed by atoms with Crippen molar-refractivity contribution in [2.45, 2.75) is 107 Å². The first-order valence-electron chi connectivity index (χ1n) is 12.9. The molecule has 3 saturated heterocycles. The molecule has 0 radical (unpaired) electrons. The lowest BCUT2D eigenvalue weighted by atomic mass is 9.70. The maximum absolute atomic E-state index is 14.1. The molecule has 3 amide bonds. The van der Waals surface area contributed by atoms with Crippen LogP contribution < -0.4 is 10.6 Å². The van der Waals surface area contributed by atoms with Crippen LogP contribution >= 0.6 is 27.7 Å². The molecule has 0 aliphatic carbocycles. The summed E-state index contributed by atoms with van der Waals surface area (Å²) < 4.78 is -0.700. The summed E-state index contributed by atoms with van der Waals surface area (Å²) in [6, 6.07) is -1.23. The average molecular weight is 575 g/mol. The number of alkyl halides is 1. The van der Waals surface area contributed by atoms with Crippen LogP contribution in [0, 0.1) is 23.2 Å². The van der Waals surface area contributed by atoms with E-state index in [2.05, 4.69) is 47.3 Å². The molecule has 3 rings (SSSR count). The number of carbonyl (C=O) groups excluding carboxylic acids is 3. The smallest absolute Gasteiger partial charge is 0.244 e. The molecule has 3 unspecified atom stereocenters. The van der Waals surface area contributed by atoms with Crippen LogP contribution in [0.25, 0.3) is 0 Å². The molecule has 0 aromatic rings. The van der Waals surface area contributed by atoms with Gasteiger partial charge in [-0.1, -0.05) is 57.5 Å². The van der Waals surface area contributed by atoms with E-state index in [9.17, 15) is 19.5 Å². The van der Waals surface area contributed by atoms with Crippen LogP contribution in [0.1, 0.15) is 74.7 Å². The Balaban J connectivity index is 2.05. The number of carbonyl (C=O) groups is 3. The summed E-state index contributed by atoms with van der Waals surface area (Å²) in [4.78, 5) is 43.2. The van der Waals surface area contributed by atoms with Gasteiger partial charge >= 0.3 is 0 Å².